The lowest BCUT2D eigenvalue weighted by Gasteiger charge is -2.16. The Hall–Kier alpha value is -1.66. The molecule has 0 saturated carbocycles. The van der Waals surface area contributed by atoms with Gasteiger partial charge in [-0.25, -0.2) is 4.98 Å². The highest BCUT2D eigenvalue weighted by Crippen LogP contribution is 2.17. The van der Waals surface area contributed by atoms with Gasteiger partial charge in [-0.2, -0.15) is 0 Å². The fourth-order valence-corrected chi connectivity index (χ4v) is 2.03. The lowest BCUT2D eigenvalue weighted by atomic mass is 10.2. The van der Waals surface area contributed by atoms with Crippen LogP contribution in [0.1, 0.15) is 16.8 Å². The number of pyridine rings is 1. The predicted octanol–water partition coefficient (Wildman–Crippen LogP) is 0.0288. The minimum atomic E-state index is -0.279. The van der Waals surface area contributed by atoms with Crippen LogP contribution >= 0.6 is 0 Å². The van der Waals surface area contributed by atoms with Gasteiger partial charge in [0, 0.05) is 32.9 Å². The van der Waals surface area contributed by atoms with Gasteiger partial charge in [-0.3, -0.25) is 4.79 Å². The van der Waals surface area contributed by atoms with Crippen molar-refractivity contribution in [1.82, 2.24) is 10.3 Å². The molecule has 6 nitrogen and oxygen atoms in total. The minimum absolute atomic E-state index is 0.155. The maximum Gasteiger partial charge on any atom is 0.252 e. The first-order valence-corrected chi connectivity index (χ1v) is 6.37. The largest absolute Gasteiger partial charge is 0.391 e. The molecule has 2 N–H and O–H groups in total. The zero-order valence-electron chi connectivity index (χ0n) is 11.0. The number of hydrogen-bond donors (Lipinski definition) is 2. The molecule has 1 saturated heterocycles. The second-order valence-corrected chi connectivity index (χ2v) is 4.54. The summed E-state index contributed by atoms with van der Waals surface area (Å²) in [6, 6.07) is 3.55. The standard InChI is InChI=1S/C13H19N3O3/c1-19-7-5-14-13(18)10-2-3-12(15-8-10)16-6-4-11(17)9-16/h2-3,8,11,17H,4-7,9H2,1H3,(H,14,18)/t11-/m0/s1. The number of carbonyl (C=O) groups excluding carboxylic acids is 1. The van der Waals surface area contributed by atoms with Crippen LogP contribution in [0.25, 0.3) is 0 Å². The second kappa shape index (κ2) is 6.49. The summed E-state index contributed by atoms with van der Waals surface area (Å²) in [6.45, 7) is 2.37. The van der Waals surface area contributed by atoms with Crippen LogP contribution in [0.3, 0.4) is 0 Å². The molecule has 1 amide bonds. The number of methoxy groups -OCH3 is 1. The van der Waals surface area contributed by atoms with E-state index in [1.807, 2.05) is 11.0 Å². The zero-order chi connectivity index (χ0) is 13.7. The summed E-state index contributed by atoms with van der Waals surface area (Å²) in [5.41, 5.74) is 0.527. The number of nitrogens with zero attached hydrogens (tertiary/aromatic N) is 2. The van der Waals surface area contributed by atoms with Gasteiger partial charge < -0.3 is 20.1 Å². The SMILES string of the molecule is COCCNC(=O)c1ccc(N2CC[C@H](O)C2)nc1. The molecule has 1 aliphatic rings. The number of anilines is 1. The van der Waals surface area contributed by atoms with Crippen molar-refractivity contribution in [1.29, 1.82) is 0 Å². The van der Waals surface area contributed by atoms with Crippen LogP contribution in [0.15, 0.2) is 18.3 Å². The first kappa shape index (κ1) is 13.8. The van der Waals surface area contributed by atoms with E-state index in [-0.39, 0.29) is 12.0 Å². The van der Waals surface area contributed by atoms with Crippen molar-refractivity contribution in [2.75, 3.05) is 38.3 Å². The Morgan fingerprint density at radius 1 is 1.63 bits per heavy atom. The predicted molar refractivity (Wildman–Crippen MR) is 71.3 cm³/mol. The minimum Gasteiger partial charge on any atom is -0.391 e. The number of β-amino-alcohol motifs (C(OH)–C–C–N with tert-alkyl or cyclic N) is 1. The van der Waals surface area contributed by atoms with Gasteiger partial charge in [0.1, 0.15) is 5.82 Å². The molecule has 1 atom stereocenters. The Kier molecular flexibility index (Phi) is 4.70. The van der Waals surface area contributed by atoms with E-state index >= 15 is 0 Å². The number of nitrogens with one attached hydrogen (secondary N) is 1. The van der Waals surface area contributed by atoms with Crippen molar-refractivity contribution in [3.8, 4) is 0 Å². The third kappa shape index (κ3) is 3.65. The average molecular weight is 265 g/mol. The van der Waals surface area contributed by atoms with Gasteiger partial charge >= 0.3 is 0 Å². The highest BCUT2D eigenvalue weighted by molar-refractivity contribution is 5.94. The van der Waals surface area contributed by atoms with Crippen molar-refractivity contribution in [3.63, 3.8) is 0 Å². The number of ether oxygens (including phenoxy) is 1. The van der Waals surface area contributed by atoms with Crippen LogP contribution in [0.4, 0.5) is 5.82 Å². The summed E-state index contributed by atoms with van der Waals surface area (Å²) in [7, 11) is 1.59. The third-order valence-corrected chi connectivity index (χ3v) is 3.09. The molecule has 0 spiro atoms. The summed E-state index contributed by atoms with van der Waals surface area (Å²) in [4.78, 5) is 18.0. The van der Waals surface area contributed by atoms with Gasteiger partial charge in [-0.05, 0) is 18.6 Å². The number of aliphatic hydroxyl groups excluding tert-OH is 1. The van der Waals surface area contributed by atoms with Crippen LogP contribution in [0.2, 0.25) is 0 Å². The van der Waals surface area contributed by atoms with Crippen LogP contribution in [0, 0.1) is 0 Å². The Balaban J connectivity index is 1.92. The second-order valence-electron chi connectivity index (χ2n) is 4.54. The van der Waals surface area contributed by atoms with Crippen molar-refractivity contribution in [3.05, 3.63) is 23.9 Å². The molecule has 0 radical (unpaired) electrons. The maximum absolute atomic E-state index is 11.7. The average Bonchev–Trinajstić information content (AvgIpc) is 2.86. The lowest BCUT2D eigenvalue weighted by Crippen LogP contribution is -2.27. The number of amides is 1. The number of rotatable bonds is 5. The molecule has 1 aromatic heterocycles. The molecule has 2 heterocycles. The fraction of sp³-hybridized carbons (Fsp3) is 0.538. The number of hydrogen-bond acceptors (Lipinski definition) is 5. The van der Waals surface area contributed by atoms with Crippen molar-refractivity contribution in [2.45, 2.75) is 12.5 Å². The van der Waals surface area contributed by atoms with Gasteiger partial charge in [0.15, 0.2) is 0 Å². The summed E-state index contributed by atoms with van der Waals surface area (Å²) in [5.74, 6) is 0.641. The molecule has 19 heavy (non-hydrogen) atoms. The fourth-order valence-electron chi connectivity index (χ4n) is 2.03. The highest BCUT2D eigenvalue weighted by Gasteiger charge is 2.21. The molecule has 6 heteroatoms. The van der Waals surface area contributed by atoms with E-state index in [9.17, 15) is 9.90 Å². The summed E-state index contributed by atoms with van der Waals surface area (Å²) < 4.78 is 4.86. The van der Waals surface area contributed by atoms with E-state index < -0.39 is 0 Å². The normalized spacial score (nSPS) is 18.6. The first-order valence-electron chi connectivity index (χ1n) is 6.37. The monoisotopic (exact) mass is 265 g/mol. The molecule has 1 aromatic rings. The molecule has 0 unspecified atom stereocenters. The topological polar surface area (TPSA) is 74.7 Å². The quantitative estimate of drug-likeness (QED) is 0.735. The Labute approximate surface area is 112 Å². The highest BCUT2D eigenvalue weighted by atomic mass is 16.5. The molecule has 104 valence electrons. The number of aliphatic hydroxyl groups is 1. The van der Waals surface area contributed by atoms with E-state index in [1.54, 1.807) is 19.4 Å². The first-order chi connectivity index (χ1) is 9.20. The number of aromatic nitrogens is 1. The third-order valence-electron chi connectivity index (χ3n) is 3.09. The summed E-state index contributed by atoms with van der Waals surface area (Å²) >= 11 is 0. The van der Waals surface area contributed by atoms with E-state index in [0.29, 0.717) is 25.3 Å². The molecule has 2 rings (SSSR count). The Bertz CT molecular complexity index is 422. The van der Waals surface area contributed by atoms with E-state index in [1.165, 1.54) is 0 Å². The van der Waals surface area contributed by atoms with E-state index in [4.69, 9.17) is 4.74 Å². The smallest absolute Gasteiger partial charge is 0.252 e. The zero-order valence-corrected chi connectivity index (χ0v) is 11.0. The van der Waals surface area contributed by atoms with Crippen LogP contribution < -0.4 is 10.2 Å². The van der Waals surface area contributed by atoms with Crippen molar-refractivity contribution in [2.24, 2.45) is 0 Å². The maximum atomic E-state index is 11.7. The van der Waals surface area contributed by atoms with Crippen molar-refractivity contribution < 1.29 is 14.6 Å². The summed E-state index contributed by atoms with van der Waals surface area (Å²) in [6.07, 6.45) is 2.04. The molecule has 0 aliphatic carbocycles. The molecule has 1 aliphatic heterocycles. The molecule has 1 fully saturated rings. The summed E-state index contributed by atoms with van der Waals surface area (Å²) in [5, 5.41) is 12.2. The van der Waals surface area contributed by atoms with Crippen LogP contribution in [-0.4, -0.2) is 55.5 Å². The van der Waals surface area contributed by atoms with E-state index in [0.717, 1.165) is 18.8 Å². The number of carbonyl (C=O) groups is 1. The molecule has 0 aromatic carbocycles. The molecule has 0 bridgehead atoms. The van der Waals surface area contributed by atoms with Gasteiger partial charge in [-0.15, -0.1) is 0 Å². The molecular weight excluding hydrogens is 246 g/mol. The lowest BCUT2D eigenvalue weighted by molar-refractivity contribution is 0.0936. The molecular formula is C13H19N3O3. The van der Waals surface area contributed by atoms with Crippen LogP contribution in [0.5, 0.6) is 0 Å². The Morgan fingerprint density at radius 3 is 3.05 bits per heavy atom. The van der Waals surface area contributed by atoms with Crippen molar-refractivity contribution >= 4 is 11.7 Å². The van der Waals surface area contributed by atoms with Gasteiger partial charge in [-0.1, -0.05) is 0 Å². The van der Waals surface area contributed by atoms with Gasteiger partial charge in [0.2, 0.25) is 0 Å². The Morgan fingerprint density at radius 2 is 2.47 bits per heavy atom. The van der Waals surface area contributed by atoms with Gasteiger partial charge in [0.05, 0.1) is 18.3 Å². The van der Waals surface area contributed by atoms with Gasteiger partial charge in [0.25, 0.3) is 5.91 Å². The van der Waals surface area contributed by atoms with E-state index in [2.05, 4.69) is 10.3 Å². The van der Waals surface area contributed by atoms with Crippen LogP contribution in [-0.2, 0) is 4.74 Å².